The maximum absolute atomic E-state index is 12.3. The Bertz CT molecular complexity index is 688. The van der Waals surface area contributed by atoms with E-state index < -0.39 is 0 Å². The summed E-state index contributed by atoms with van der Waals surface area (Å²) < 4.78 is 15.6. The van der Waals surface area contributed by atoms with Gasteiger partial charge in [0, 0.05) is 10.6 Å². The summed E-state index contributed by atoms with van der Waals surface area (Å²) in [6.45, 7) is 1.86. The molecule has 6 heteroatoms. The summed E-state index contributed by atoms with van der Waals surface area (Å²) in [7, 11) is 4.79. The monoisotopic (exact) mass is 347 g/mol. The summed E-state index contributed by atoms with van der Waals surface area (Å²) in [5.74, 6) is 1.99. The Morgan fingerprint density at radius 1 is 0.958 bits per heavy atom. The Morgan fingerprint density at radius 3 is 2.21 bits per heavy atom. The predicted octanol–water partition coefficient (Wildman–Crippen LogP) is 3.83. The molecule has 1 atom stereocenters. The van der Waals surface area contributed by atoms with Crippen LogP contribution in [-0.4, -0.2) is 32.5 Å². The number of amides is 1. The van der Waals surface area contributed by atoms with Gasteiger partial charge < -0.3 is 19.5 Å². The van der Waals surface area contributed by atoms with Gasteiger partial charge >= 0.3 is 0 Å². The molecule has 0 bridgehead atoms. The predicted molar refractivity (Wildman–Crippen MR) is 96.5 cm³/mol. The summed E-state index contributed by atoms with van der Waals surface area (Å²) in [5, 5.41) is 2.63. The third-order valence-corrected chi connectivity index (χ3v) is 4.49. The number of carbonyl (C=O) groups excluding carboxylic acids is 1. The maximum Gasteiger partial charge on any atom is 0.237 e. The van der Waals surface area contributed by atoms with Crippen LogP contribution in [0.25, 0.3) is 0 Å². The zero-order valence-corrected chi connectivity index (χ0v) is 15.0. The molecule has 2 aromatic rings. The highest BCUT2D eigenvalue weighted by molar-refractivity contribution is 8.00. The van der Waals surface area contributed by atoms with Crippen LogP contribution >= 0.6 is 11.8 Å². The van der Waals surface area contributed by atoms with Crippen molar-refractivity contribution in [1.82, 2.24) is 0 Å². The first-order chi connectivity index (χ1) is 11.6. The second kappa shape index (κ2) is 8.49. The van der Waals surface area contributed by atoms with Crippen LogP contribution in [0.1, 0.15) is 6.92 Å². The van der Waals surface area contributed by atoms with E-state index in [-0.39, 0.29) is 11.2 Å². The molecule has 0 aromatic heterocycles. The molecule has 0 radical (unpaired) electrons. The van der Waals surface area contributed by atoms with Gasteiger partial charge in [-0.1, -0.05) is 0 Å². The van der Waals surface area contributed by atoms with Gasteiger partial charge in [0.15, 0.2) is 11.5 Å². The molecule has 0 saturated carbocycles. The van der Waals surface area contributed by atoms with Crippen LogP contribution in [0.4, 0.5) is 5.69 Å². The minimum absolute atomic E-state index is 0.0695. The molecule has 2 rings (SSSR count). The van der Waals surface area contributed by atoms with Crippen molar-refractivity contribution in [2.45, 2.75) is 17.1 Å². The largest absolute Gasteiger partial charge is 0.497 e. The van der Waals surface area contributed by atoms with Crippen LogP contribution in [0.2, 0.25) is 0 Å². The number of hydrogen-bond acceptors (Lipinski definition) is 5. The normalized spacial score (nSPS) is 11.5. The van der Waals surface area contributed by atoms with Crippen molar-refractivity contribution in [2.75, 3.05) is 26.6 Å². The molecule has 0 aliphatic carbocycles. The van der Waals surface area contributed by atoms with Crippen molar-refractivity contribution in [3.8, 4) is 17.2 Å². The highest BCUT2D eigenvalue weighted by Crippen LogP contribution is 2.33. The van der Waals surface area contributed by atoms with E-state index in [0.29, 0.717) is 11.5 Å². The number of methoxy groups -OCH3 is 3. The van der Waals surface area contributed by atoms with E-state index in [0.717, 1.165) is 16.3 Å². The zero-order valence-electron chi connectivity index (χ0n) is 14.2. The Labute approximate surface area is 146 Å². The van der Waals surface area contributed by atoms with E-state index in [9.17, 15) is 4.79 Å². The lowest BCUT2D eigenvalue weighted by molar-refractivity contribution is -0.115. The smallest absolute Gasteiger partial charge is 0.237 e. The van der Waals surface area contributed by atoms with Crippen LogP contribution in [0, 0.1) is 0 Å². The van der Waals surface area contributed by atoms with Crippen LogP contribution in [0.15, 0.2) is 47.4 Å². The number of nitrogens with one attached hydrogen (secondary N) is 1. The van der Waals surface area contributed by atoms with Crippen LogP contribution < -0.4 is 19.5 Å². The highest BCUT2D eigenvalue weighted by Gasteiger charge is 2.16. The first-order valence-corrected chi connectivity index (χ1v) is 8.29. The second-order valence-electron chi connectivity index (χ2n) is 4.99. The summed E-state index contributed by atoms with van der Waals surface area (Å²) in [4.78, 5) is 13.3. The van der Waals surface area contributed by atoms with Crippen molar-refractivity contribution in [1.29, 1.82) is 0 Å². The molecule has 2 aromatic carbocycles. The molecule has 5 nitrogen and oxygen atoms in total. The lowest BCUT2D eigenvalue weighted by atomic mass is 10.3. The number of rotatable bonds is 7. The maximum atomic E-state index is 12.3. The Morgan fingerprint density at radius 2 is 1.62 bits per heavy atom. The lowest BCUT2D eigenvalue weighted by Crippen LogP contribution is -2.22. The van der Waals surface area contributed by atoms with Gasteiger partial charge in [-0.3, -0.25) is 4.79 Å². The second-order valence-corrected chi connectivity index (χ2v) is 6.41. The van der Waals surface area contributed by atoms with E-state index in [1.807, 2.05) is 49.4 Å². The fourth-order valence-electron chi connectivity index (χ4n) is 2.07. The van der Waals surface area contributed by atoms with Gasteiger partial charge in [-0.2, -0.15) is 0 Å². The molecular formula is C18H21NO4S. The molecule has 128 valence electrons. The van der Waals surface area contributed by atoms with Crippen LogP contribution in [-0.2, 0) is 4.79 Å². The third-order valence-electron chi connectivity index (χ3n) is 3.39. The molecule has 0 unspecified atom stereocenters. The van der Waals surface area contributed by atoms with Crippen LogP contribution in [0.5, 0.6) is 17.2 Å². The topological polar surface area (TPSA) is 56.8 Å². The molecule has 1 N–H and O–H groups in total. The average molecular weight is 347 g/mol. The molecule has 1 amide bonds. The summed E-state index contributed by atoms with van der Waals surface area (Å²) in [6, 6.07) is 12.8. The summed E-state index contributed by atoms with van der Waals surface area (Å²) in [5.41, 5.74) is 0.737. The SMILES string of the molecule is COc1ccc(NC(=O)[C@@H](C)Sc2ccc(OC)c(OC)c2)cc1. The fraction of sp³-hybridized carbons (Fsp3) is 0.278. The van der Waals surface area contributed by atoms with E-state index >= 15 is 0 Å². The van der Waals surface area contributed by atoms with Gasteiger partial charge in [0.25, 0.3) is 0 Å². The van der Waals surface area contributed by atoms with Gasteiger partial charge in [-0.25, -0.2) is 0 Å². The molecule has 0 spiro atoms. The first-order valence-electron chi connectivity index (χ1n) is 7.41. The average Bonchev–Trinajstić information content (AvgIpc) is 2.62. The Balaban J connectivity index is 2.00. The molecular weight excluding hydrogens is 326 g/mol. The number of benzene rings is 2. The quantitative estimate of drug-likeness (QED) is 0.772. The Hall–Kier alpha value is -2.34. The molecule has 0 saturated heterocycles. The van der Waals surface area contributed by atoms with Crippen molar-refractivity contribution >= 4 is 23.4 Å². The molecule has 0 fully saturated rings. The molecule has 24 heavy (non-hydrogen) atoms. The van der Waals surface area contributed by atoms with E-state index in [1.54, 1.807) is 21.3 Å². The number of ether oxygens (including phenoxy) is 3. The van der Waals surface area contributed by atoms with Gasteiger partial charge in [0.2, 0.25) is 5.91 Å². The van der Waals surface area contributed by atoms with Crippen molar-refractivity contribution in [2.24, 2.45) is 0 Å². The minimum Gasteiger partial charge on any atom is -0.497 e. The van der Waals surface area contributed by atoms with E-state index in [1.165, 1.54) is 11.8 Å². The third kappa shape index (κ3) is 4.58. The van der Waals surface area contributed by atoms with Crippen molar-refractivity contribution in [3.05, 3.63) is 42.5 Å². The lowest BCUT2D eigenvalue weighted by Gasteiger charge is -2.14. The number of carbonyl (C=O) groups is 1. The van der Waals surface area contributed by atoms with Crippen molar-refractivity contribution in [3.63, 3.8) is 0 Å². The van der Waals surface area contributed by atoms with Crippen molar-refractivity contribution < 1.29 is 19.0 Å². The van der Waals surface area contributed by atoms with Crippen LogP contribution in [0.3, 0.4) is 0 Å². The standard InChI is InChI=1S/C18H21NO4S/c1-12(18(20)19-13-5-7-14(21-2)8-6-13)24-15-9-10-16(22-3)17(11-15)23-4/h5-12H,1-4H3,(H,19,20)/t12-/m1/s1. The van der Waals surface area contributed by atoms with Gasteiger partial charge in [-0.15, -0.1) is 11.8 Å². The number of thioether (sulfide) groups is 1. The number of anilines is 1. The Kier molecular flexibility index (Phi) is 6.37. The minimum atomic E-state index is -0.259. The zero-order chi connectivity index (χ0) is 17.5. The van der Waals surface area contributed by atoms with Gasteiger partial charge in [0.05, 0.1) is 26.6 Å². The van der Waals surface area contributed by atoms with Gasteiger partial charge in [0.1, 0.15) is 5.75 Å². The molecule has 0 heterocycles. The highest BCUT2D eigenvalue weighted by atomic mass is 32.2. The fourth-order valence-corrected chi connectivity index (χ4v) is 2.96. The first kappa shape index (κ1) is 18.0. The number of hydrogen-bond donors (Lipinski definition) is 1. The summed E-state index contributed by atoms with van der Waals surface area (Å²) in [6.07, 6.45) is 0. The summed E-state index contributed by atoms with van der Waals surface area (Å²) >= 11 is 1.46. The molecule has 0 aliphatic heterocycles. The van der Waals surface area contributed by atoms with Gasteiger partial charge in [-0.05, 0) is 49.4 Å². The van der Waals surface area contributed by atoms with E-state index in [4.69, 9.17) is 14.2 Å². The molecule has 0 aliphatic rings. The van der Waals surface area contributed by atoms with E-state index in [2.05, 4.69) is 5.32 Å².